The van der Waals surface area contributed by atoms with Gasteiger partial charge in [0.15, 0.2) is 10.8 Å². The SMILES string of the molecule is COC(=O)C[C@@H]1CSCCN1Cc1csc(-c2ccco2)n1. The van der Waals surface area contributed by atoms with Crippen LogP contribution >= 0.6 is 23.1 Å². The lowest BCUT2D eigenvalue weighted by Crippen LogP contribution is -2.43. The van der Waals surface area contributed by atoms with Gasteiger partial charge in [-0.25, -0.2) is 4.98 Å². The Morgan fingerprint density at radius 3 is 3.27 bits per heavy atom. The Hall–Kier alpha value is -1.31. The number of thioether (sulfide) groups is 1. The number of nitrogens with zero attached hydrogens (tertiary/aromatic N) is 2. The molecule has 1 atom stereocenters. The second-order valence-electron chi connectivity index (χ2n) is 5.10. The molecule has 2 aromatic rings. The first-order chi connectivity index (χ1) is 10.8. The number of carbonyl (C=O) groups excluding carboxylic acids is 1. The van der Waals surface area contributed by atoms with Gasteiger partial charge in [-0.3, -0.25) is 9.69 Å². The summed E-state index contributed by atoms with van der Waals surface area (Å²) in [6.07, 6.45) is 2.10. The summed E-state index contributed by atoms with van der Waals surface area (Å²) < 4.78 is 10.2. The lowest BCUT2D eigenvalue weighted by molar-refractivity contribution is -0.141. The van der Waals surface area contributed by atoms with Gasteiger partial charge in [0.2, 0.25) is 0 Å². The third-order valence-corrected chi connectivity index (χ3v) is 5.63. The maximum atomic E-state index is 11.6. The van der Waals surface area contributed by atoms with Crippen molar-refractivity contribution >= 4 is 29.1 Å². The van der Waals surface area contributed by atoms with Crippen molar-refractivity contribution in [3.05, 3.63) is 29.5 Å². The summed E-state index contributed by atoms with van der Waals surface area (Å²) >= 11 is 3.48. The molecule has 0 saturated carbocycles. The second kappa shape index (κ2) is 7.30. The van der Waals surface area contributed by atoms with Gasteiger partial charge >= 0.3 is 5.97 Å². The average Bonchev–Trinajstić information content (AvgIpc) is 3.20. The third kappa shape index (κ3) is 3.71. The first-order valence-electron chi connectivity index (χ1n) is 7.13. The minimum atomic E-state index is -0.146. The normalized spacial score (nSPS) is 19.2. The summed E-state index contributed by atoms with van der Waals surface area (Å²) in [5.41, 5.74) is 1.03. The Labute approximate surface area is 137 Å². The van der Waals surface area contributed by atoms with Crippen LogP contribution in [-0.4, -0.2) is 47.1 Å². The number of ether oxygens (including phenoxy) is 1. The molecule has 3 heterocycles. The van der Waals surface area contributed by atoms with E-state index in [1.807, 2.05) is 23.9 Å². The first kappa shape index (κ1) is 15.6. The number of hydrogen-bond acceptors (Lipinski definition) is 7. The molecule has 0 unspecified atom stereocenters. The third-order valence-electron chi connectivity index (χ3n) is 3.63. The smallest absolute Gasteiger partial charge is 0.307 e. The molecule has 22 heavy (non-hydrogen) atoms. The fourth-order valence-corrected chi connectivity index (χ4v) is 4.37. The van der Waals surface area contributed by atoms with E-state index >= 15 is 0 Å². The van der Waals surface area contributed by atoms with E-state index in [-0.39, 0.29) is 12.0 Å². The van der Waals surface area contributed by atoms with Crippen molar-refractivity contribution in [2.24, 2.45) is 0 Å². The van der Waals surface area contributed by atoms with Gasteiger partial charge < -0.3 is 9.15 Å². The minimum absolute atomic E-state index is 0.146. The molecule has 1 aliphatic rings. The molecule has 0 N–H and O–H groups in total. The van der Waals surface area contributed by atoms with Crippen LogP contribution in [0.3, 0.4) is 0 Å². The highest BCUT2D eigenvalue weighted by atomic mass is 32.2. The molecule has 0 aliphatic carbocycles. The Kier molecular flexibility index (Phi) is 5.17. The Bertz CT molecular complexity index is 612. The maximum Gasteiger partial charge on any atom is 0.307 e. The molecule has 2 aromatic heterocycles. The van der Waals surface area contributed by atoms with Crippen molar-refractivity contribution in [1.29, 1.82) is 0 Å². The van der Waals surface area contributed by atoms with Gasteiger partial charge in [-0.15, -0.1) is 11.3 Å². The zero-order valence-electron chi connectivity index (χ0n) is 12.4. The van der Waals surface area contributed by atoms with E-state index in [2.05, 4.69) is 15.3 Å². The highest BCUT2D eigenvalue weighted by Crippen LogP contribution is 2.26. The quantitative estimate of drug-likeness (QED) is 0.782. The zero-order chi connectivity index (χ0) is 15.4. The van der Waals surface area contributed by atoms with Crippen LogP contribution in [-0.2, 0) is 16.1 Å². The number of esters is 1. The molecule has 118 valence electrons. The first-order valence-corrected chi connectivity index (χ1v) is 9.16. The van der Waals surface area contributed by atoms with Crippen LogP contribution in [0.15, 0.2) is 28.2 Å². The fraction of sp³-hybridized carbons (Fsp3) is 0.467. The number of furan rings is 1. The van der Waals surface area contributed by atoms with Crippen molar-refractivity contribution in [2.75, 3.05) is 25.2 Å². The minimum Gasteiger partial charge on any atom is -0.469 e. The van der Waals surface area contributed by atoms with E-state index in [4.69, 9.17) is 9.15 Å². The van der Waals surface area contributed by atoms with Gasteiger partial charge in [0.1, 0.15) is 0 Å². The van der Waals surface area contributed by atoms with E-state index in [0.717, 1.165) is 41.1 Å². The summed E-state index contributed by atoms with van der Waals surface area (Å²) in [6, 6.07) is 4.00. The lowest BCUT2D eigenvalue weighted by atomic mass is 10.2. The van der Waals surface area contributed by atoms with Gasteiger partial charge in [-0.05, 0) is 12.1 Å². The molecule has 1 fully saturated rings. The number of thiazole rings is 1. The standard InChI is InChI=1S/C15H18N2O3S2/c1-19-14(18)7-12-10-21-6-4-17(12)8-11-9-22-15(16-11)13-3-2-5-20-13/h2-3,5,9,12H,4,6-8,10H2,1H3/t12-/m1/s1. The molecular weight excluding hydrogens is 320 g/mol. The Balaban J connectivity index is 1.66. The Morgan fingerprint density at radius 1 is 1.59 bits per heavy atom. The van der Waals surface area contributed by atoms with E-state index in [1.165, 1.54) is 7.11 Å². The molecule has 3 rings (SSSR count). The van der Waals surface area contributed by atoms with Crippen molar-refractivity contribution < 1.29 is 13.9 Å². The average molecular weight is 338 g/mol. The summed E-state index contributed by atoms with van der Waals surface area (Å²) in [6.45, 7) is 1.74. The highest BCUT2D eigenvalue weighted by molar-refractivity contribution is 7.99. The van der Waals surface area contributed by atoms with Crippen molar-refractivity contribution in [1.82, 2.24) is 9.88 Å². The molecule has 7 heteroatoms. The number of methoxy groups -OCH3 is 1. The maximum absolute atomic E-state index is 11.6. The number of hydrogen-bond donors (Lipinski definition) is 0. The largest absolute Gasteiger partial charge is 0.469 e. The summed E-state index contributed by atoms with van der Waals surface area (Å²) in [4.78, 5) is 18.5. The fourth-order valence-electron chi connectivity index (χ4n) is 2.46. The number of carbonyl (C=O) groups is 1. The molecular formula is C15H18N2O3S2. The van der Waals surface area contributed by atoms with Crippen LogP contribution in [0.5, 0.6) is 0 Å². The van der Waals surface area contributed by atoms with E-state index in [9.17, 15) is 4.79 Å². The predicted octanol–water partition coefficient (Wildman–Crippen LogP) is 2.88. The van der Waals surface area contributed by atoms with Crippen molar-refractivity contribution in [3.8, 4) is 10.8 Å². The Morgan fingerprint density at radius 2 is 2.50 bits per heavy atom. The molecule has 1 aliphatic heterocycles. The van der Waals surface area contributed by atoms with E-state index in [1.54, 1.807) is 17.6 Å². The van der Waals surface area contributed by atoms with Gasteiger partial charge in [-0.2, -0.15) is 11.8 Å². The van der Waals surface area contributed by atoms with Gasteiger partial charge in [0, 0.05) is 36.0 Å². The molecule has 5 nitrogen and oxygen atoms in total. The van der Waals surface area contributed by atoms with Gasteiger partial charge in [0.05, 0.1) is 25.5 Å². The van der Waals surface area contributed by atoms with Crippen LogP contribution in [0, 0.1) is 0 Å². The summed E-state index contributed by atoms with van der Waals surface area (Å²) in [5, 5.41) is 2.96. The monoisotopic (exact) mass is 338 g/mol. The molecule has 0 spiro atoms. The van der Waals surface area contributed by atoms with Crippen LogP contribution < -0.4 is 0 Å². The van der Waals surface area contributed by atoms with Crippen LogP contribution in [0.1, 0.15) is 12.1 Å². The zero-order valence-corrected chi connectivity index (χ0v) is 14.0. The van der Waals surface area contributed by atoms with Gasteiger partial charge in [0.25, 0.3) is 0 Å². The predicted molar refractivity (Wildman–Crippen MR) is 88.0 cm³/mol. The molecule has 0 bridgehead atoms. The highest BCUT2D eigenvalue weighted by Gasteiger charge is 2.26. The van der Waals surface area contributed by atoms with E-state index < -0.39 is 0 Å². The van der Waals surface area contributed by atoms with E-state index in [0.29, 0.717) is 6.42 Å². The molecule has 0 aromatic carbocycles. The van der Waals surface area contributed by atoms with Crippen LogP contribution in [0.25, 0.3) is 10.8 Å². The topological polar surface area (TPSA) is 55.6 Å². The van der Waals surface area contributed by atoms with Crippen LogP contribution in [0.4, 0.5) is 0 Å². The molecule has 0 radical (unpaired) electrons. The number of aromatic nitrogens is 1. The number of rotatable bonds is 5. The van der Waals surface area contributed by atoms with Crippen molar-refractivity contribution in [3.63, 3.8) is 0 Å². The second-order valence-corrected chi connectivity index (χ2v) is 7.11. The molecule has 0 amide bonds. The molecule has 1 saturated heterocycles. The van der Waals surface area contributed by atoms with Gasteiger partial charge in [-0.1, -0.05) is 0 Å². The van der Waals surface area contributed by atoms with Crippen LogP contribution in [0.2, 0.25) is 0 Å². The lowest BCUT2D eigenvalue weighted by Gasteiger charge is -2.34. The van der Waals surface area contributed by atoms with Crippen molar-refractivity contribution in [2.45, 2.75) is 19.0 Å². The summed E-state index contributed by atoms with van der Waals surface area (Å²) in [5.74, 6) is 2.71. The summed E-state index contributed by atoms with van der Waals surface area (Å²) in [7, 11) is 1.44.